The van der Waals surface area contributed by atoms with Crippen LogP contribution in [0.3, 0.4) is 0 Å². The number of imidazole rings is 1. The molecule has 0 spiro atoms. The van der Waals surface area contributed by atoms with Crippen molar-refractivity contribution >= 4 is 46.1 Å². The molecule has 0 fully saturated rings. The van der Waals surface area contributed by atoms with Gasteiger partial charge in [0.1, 0.15) is 6.04 Å². The standard InChI is InChI=1S/C23H18ClN5O2/c24-15-6-5-8-16(12-15)26-21(30)13-20-22(31)28(14-17-7-3-4-11-25-17)23-27-18-9-1-2-10-19(18)29(20)23/h1-12,20H,13-14H2,(H,26,30)/t20-/m0/s1. The van der Waals surface area contributed by atoms with Crippen LogP contribution in [0.1, 0.15) is 18.2 Å². The lowest BCUT2D eigenvalue weighted by Gasteiger charge is -2.15. The van der Waals surface area contributed by atoms with Crippen molar-refractivity contribution in [2.45, 2.75) is 19.0 Å². The van der Waals surface area contributed by atoms with Gasteiger partial charge < -0.3 is 5.32 Å². The Kier molecular flexibility index (Phi) is 4.88. The molecule has 0 bridgehead atoms. The molecule has 2 aromatic heterocycles. The van der Waals surface area contributed by atoms with Crippen LogP contribution in [0.15, 0.2) is 72.9 Å². The van der Waals surface area contributed by atoms with Gasteiger partial charge >= 0.3 is 0 Å². The zero-order valence-electron chi connectivity index (χ0n) is 16.4. The molecule has 3 heterocycles. The molecule has 2 amide bonds. The van der Waals surface area contributed by atoms with Crippen LogP contribution < -0.4 is 10.2 Å². The average molecular weight is 432 g/mol. The fourth-order valence-corrected chi connectivity index (χ4v) is 4.04. The number of pyridine rings is 1. The lowest BCUT2D eigenvalue weighted by Crippen LogP contribution is -2.31. The Morgan fingerprint density at radius 1 is 1.06 bits per heavy atom. The molecule has 7 nitrogen and oxygen atoms in total. The summed E-state index contributed by atoms with van der Waals surface area (Å²) in [4.78, 5) is 36.7. The van der Waals surface area contributed by atoms with Crippen LogP contribution in [-0.2, 0) is 16.1 Å². The van der Waals surface area contributed by atoms with Crippen molar-refractivity contribution in [1.29, 1.82) is 0 Å². The number of hydrogen-bond acceptors (Lipinski definition) is 4. The molecule has 154 valence electrons. The molecule has 31 heavy (non-hydrogen) atoms. The molecule has 4 aromatic rings. The number of anilines is 2. The summed E-state index contributed by atoms with van der Waals surface area (Å²) in [6.45, 7) is 0.287. The normalized spacial score (nSPS) is 15.3. The smallest absolute Gasteiger partial charge is 0.253 e. The Morgan fingerprint density at radius 2 is 1.90 bits per heavy atom. The van der Waals surface area contributed by atoms with Crippen LogP contribution in [0.5, 0.6) is 0 Å². The second-order valence-corrected chi connectivity index (χ2v) is 7.73. The largest absolute Gasteiger partial charge is 0.326 e. The molecule has 0 radical (unpaired) electrons. The van der Waals surface area contributed by atoms with E-state index in [-0.39, 0.29) is 24.8 Å². The third-order valence-corrected chi connectivity index (χ3v) is 5.45. The molecule has 0 unspecified atom stereocenters. The predicted octanol–water partition coefficient (Wildman–Crippen LogP) is 4.20. The predicted molar refractivity (Wildman–Crippen MR) is 119 cm³/mol. The fraction of sp³-hybridized carbons (Fsp3) is 0.130. The van der Waals surface area contributed by atoms with E-state index in [4.69, 9.17) is 11.6 Å². The number of benzene rings is 2. The van der Waals surface area contributed by atoms with Crippen molar-refractivity contribution in [3.63, 3.8) is 0 Å². The van der Waals surface area contributed by atoms with Crippen molar-refractivity contribution in [1.82, 2.24) is 14.5 Å². The van der Waals surface area contributed by atoms with Crippen LogP contribution in [0.4, 0.5) is 11.6 Å². The van der Waals surface area contributed by atoms with E-state index in [0.29, 0.717) is 16.7 Å². The minimum Gasteiger partial charge on any atom is -0.326 e. The first-order valence-corrected chi connectivity index (χ1v) is 10.2. The molecule has 0 saturated carbocycles. The van der Waals surface area contributed by atoms with Gasteiger partial charge in [0, 0.05) is 16.9 Å². The monoisotopic (exact) mass is 431 g/mol. The number of rotatable bonds is 5. The summed E-state index contributed by atoms with van der Waals surface area (Å²) in [6.07, 6.45) is 1.67. The number of aromatic nitrogens is 3. The highest BCUT2D eigenvalue weighted by atomic mass is 35.5. The van der Waals surface area contributed by atoms with Gasteiger partial charge in [0.15, 0.2) is 0 Å². The molecule has 0 saturated heterocycles. The number of nitrogens with one attached hydrogen (secondary N) is 1. The van der Waals surface area contributed by atoms with Crippen molar-refractivity contribution in [2.75, 3.05) is 10.2 Å². The lowest BCUT2D eigenvalue weighted by molar-refractivity contribution is -0.124. The number of para-hydroxylation sites is 2. The summed E-state index contributed by atoms with van der Waals surface area (Å²) >= 11 is 6.01. The molecule has 5 rings (SSSR count). The van der Waals surface area contributed by atoms with Crippen molar-refractivity contribution in [3.05, 3.63) is 83.6 Å². The molecule has 8 heteroatoms. The Hall–Kier alpha value is -3.71. The van der Waals surface area contributed by atoms with Crippen molar-refractivity contribution < 1.29 is 9.59 Å². The Balaban J connectivity index is 1.47. The summed E-state index contributed by atoms with van der Waals surface area (Å²) in [5.41, 5.74) is 2.92. The van der Waals surface area contributed by atoms with Gasteiger partial charge in [-0.15, -0.1) is 0 Å². The van der Waals surface area contributed by atoms with E-state index in [1.807, 2.05) is 47.0 Å². The van der Waals surface area contributed by atoms with Crippen LogP contribution in [-0.4, -0.2) is 26.3 Å². The van der Waals surface area contributed by atoms with Crippen LogP contribution in [0, 0.1) is 0 Å². The zero-order chi connectivity index (χ0) is 21.4. The van der Waals surface area contributed by atoms with E-state index in [0.717, 1.165) is 16.7 Å². The maximum atomic E-state index is 13.3. The summed E-state index contributed by atoms with van der Waals surface area (Å²) in [7, 11) is 0. The van der Waals surface area contributed by atoms with E-state index < -0.39 is 6.04 Å². The van der Waals surface area contributed by atoms with E-state index in [1.165, 1.54) is 0 Å². The summed E-state index contributed by atoms with van der Waals surface area (Å²) in [6, 6.07) is 19.4. The SMILES string of the molecule is O=C(C[C@H]1C(=O)N(Cc2ccccn2)c2nc3ccccc3n21)Nc1cccc(Cl)c1. The van der Waals surface area contributed by atoms with Crippen molar-refractivity contribution in [2.24, 2.45) is 0 Å². The minimum atomic E-state index is -0.690. The Labute approximate surface area is 183 Å². The molecule has 0 aliphatic carbocycles. The zero-order valence-corrected chi connectivity index (χ0v) is 17.2. The quantitative estimate of drug-likeness (QED) is 0.513. The van der Waals surface area contributed by atoms with Gasteiger partial charge in [0.05, 0.1) is 29.7 Å². The number of nitrogens with zero attached hydrogens (tertiary/aromatic N) is 4. The van der Waals surface area contributed by atoms with Crippen molar-refractivity contribution in [3.8, 4) is 0 Å². The highest BCUT2D eigenvalue weighted by Gasteiger charge is 2.41. The van der Waals surface area contributed by atoms with Gasteiger partial charge in [-0.3, -0.25) is 24.0 Å². The second-order valence-electron chi connectivity index (χ2n) is 7.29. The van der Waals surface area contributed by atoms with Crippen LogP contribution in [0.2, 0.25) is 5.02 Å². The number of fused-ring (bicyclic) bond motifs is 3. The van der Waals surface area contributed by atoms with E-state index >= 15 is 0 Å². The third-order valence-electron chi connectivity index (χ3n) is 5.21. The van der Waals surface area contributed by atoms with Crippen LogP contribution in [0.25, 0.3) is 11.0 Å². The minimum absolute atomic E-state index is 0.0164. The van der Waals surface area contributed by atoms with Crippen LogP contribution >= 0.6 is 11.6 Å². The highest BCUT2D eigenvalue weighted by Crippen LogP contribution is 2.37. The number of carbonyl (C=O) groups is 2. The molecule has 1 aliphatic rings. The first-order valence-electron chi connectivity index (χ1n) is 9.84. The maximum Gasteiger partial charge on any atom is 0.253 e. The fourth-order valence-electron chi connectivity index (χ4n) is 3.85. The number of hydrogen-bond donors (Lipinski definition) is 1. The van der Waals surface area contributed by atoms with Gasteiger partial charge in [0.25, 0.3) is 5.91 Å². The van der Waals surface area contributed by atoms with E-state index in [1.54, 1.807) is 35.4 Å². The highest BCUT2D eigenvalue weighted by molar-refractivity contribution is 6.30. The number of halogens is 1. The number of carbonyl (C=O) groups excluding carboxylic acids is 2. The van der Waals surface area contributed by atoms with E-state index in [9.17, 15) is 9.59 Å². The van der Waals surface area contributed by atoms with Gasteiger partial charge in [-0.1, -0.05) is 35.9 Å². The molecule has 1 aliphatic heterocycles. The first-order chi connectivity index (χ1) is 15.1. The Morgan fingerprint density at radius 3 is 2.71 bits per heavy atom. The molecule has 1 N–H and O–H groups in total. The second kappa shape index (κ2) is 7.85. The molecular weight excluding hydrogens is 414 g/mol. The first kappa shape index (κ1) is 19.3. The van der Waals surface area contributed by atoms with Gasteiger partial charge in [-0.2, -0.15) is 0 Å². The number of amides is 2. The molecular formula is C23H18ClN5O2. The molecule has 1 atom stereocenters. The lowest BCUT2D eigenvalue weighted by atomic mass is 10.1. The van der Waals surface area contributed by atoms with Gasteiger partial charge in [-0.25, -0.2) is 4.98 Å². The van der Waals surface area contributed by atoms with Gasteiger partial charge in [0.2, 0.25) is 11.9 Å². The Bertz CT molecular complexity index is 1290. The van der Waals surface area contributed by atoms with Gasteiger partial charge in [-0.05, 0) is 42.5 Å². The molecule has 2 aromatic carbocycles. The topological polar surface area (TPSA) is 80.1 Å². The summed E-state index contributed by atoms with van der Waals surface area (Å²) in [5.74, 6) is 0.0709. The maximum absolute atomic E-state index is 13.3. The van der Waals surface area contributed by atoms with E-state index in [2.05, 4.69) is 15.3 Å². The summed E-state index contributed by atoms with van der Waals surface area (Å²) < 4.78 is 1.85. The summed E-state index contributed by atoms with van der Waals surface area (Å²) in [5, 5.41) is 3.35. The average Bonchev–Trinajstić information content (AvgIpc) is 3.25. The third kappa shape index (κ3) is 3.64.